The number of hydrogen-bond acceptors (Lipinski definition) is 4. The summed E-state index contributed by atoms with van der Waals surface area (Å²) in [5.74, 6) is 0.460. The Labute approximate surface area is 125 Å². The van der Waals surface area contributed by atoms with Crippen LogP contribution < -0.4 is 15.8 Å². The van der Waals surface area contributed by atoms with E-state index in [1.54, 1.807) is 14.0 Å². The van der Waals surface area contributed by atoms with Crippen LogP contribution in [0.1, 0.15) is 18.9 Å². The molecule has 1 atom stereocenters. The summed E-state index contributed by atoms with van der Waals surface area (Å²) in [6.45, 7) is 2.49. The zero-order valence-electron chi connectivity index (χ0n) is 12.8. The Kier molecular flexibility index (Phi) is 6.68. The number of rotatable bonds is 7. The second kappa shape index (κ2) is 8.26. The largest absolute Gasteiger partial charge is 0.497 e. The van der Waals surface area contributed by atoms with E-state index >= 15 is 0 Å². The highest BCUT2D eigenvalue weighted by Gasteiger charge is 2.18. The lowest BCUT2D eigenvalue weighted by Crippen LogP contribution is -2.47. The number of benzene rings is 1. The molecule has 3 N–H and O–H groups in total. The Balaban J connectivity index is 2.36. The molecule has 0 aliphatic carbocycles. The average Bonchev–Trinajstić information content (AvgIpc) is 2.46. The van der Waals surface area contributed by atoms with Crippen molar-refractivity contribution < 1.29 is 14.3 Å². The number of aryl methyl sites for hydroxylation is 1. The van der Waals surface area contributed by atoms with Gasteiger partial charge in [0.2, 0.25) is 5.91 Å². The number of ether oxygens (including phenoxy) is 1. The van der Waals surface area contributed by atoms with E-state index < -0.39 is 12.1 Å². The molecule has 21 heavy (non-hydrogen) atoms. The maximum atomic E-state index is 11.6. The number of nitrogens with one attached hydrogen (secondary N) is 1. The van der Waals surface area contributed by atoms with Gasteiger partial charge in [0.05, 0.1) is 13.2 Å². The Hall–Kier alpha value is -2.08. The fourth-order valence-electron chi connectivity index (χ4n) is 1.94. The van der Waals surface area contributed by atoms with Crippen molar-refractivity contribution in [2.45, 2.75) is 25.8 Å². The first-order valence-corrected chi connectivity index (χ1v) is 6.87. The van der Waals surface area contributed by atoms with Gasteiger partial charge in [-0.15, -0.1) is 0 Å². The highest BCUT2D eigenvalue weighted by molar-refractivity contribution is 5.96. The fourth-order valence-corrected chi connectivity index (χ4v) is 1.94. The molecule has 6 nitrogen and oxygen atoms in total. The van der Waals surface area contributed by atoms with Gasteiger partial charge >= 0.3 is 6.03 Å². The molecule has 0 saturated heterocycles. The van der Waals surface area contributed by atoms with Crippen LogP contribution in [0.15, 0.2) is 24.3 Å². The molecule has 116 valence electrons. The molecule has 1 unspecified atom stereocenters. The van der Waals surface area contributed by atoms with Crippen molar-refractivity contribution in [1.29, 1.82) is 0 Å². The number of methoxy groups -OCH3 is 1. The zero-order chi connectivity index (χ0) is 15.8. The van der Waals surface area contributed by atoms with Gasteiger partial charge in [-0.2, -0.15) is 0 Å². The summed E-state index contributed by atoms with van der Waals surface area (Å²) in [5, 5.41) is 2.09. The number of urea groups is 1. The number of carbonyl (C=O) groups excluding carboxylic acids is 2. The molecule has 0 aliphatic rings. The standard InChI is InChI=1S/C15H23N3O3/c1-11(14(19)17-15(16)20)18(2)10-4-5-12-6-8-13(21-3)9-7-12/h6-9,11H,4-5,10H2,1-3H3,(H3,16,17,19,20). The third-order valence-electron chi connectivity index (χ3n) is 3.42. The first-order chi connectivity index (χ1) is 9.93. The van der Waals surface area contributed by atoms with Gasteiger partial charge in [0.25, 0.3) is 0 Å². The van der Waals surface area contributed by atoms with Crippen molar-refractivity contribution >= 4 is 11.9 Å². The van der Waals surface area contributed by atoms with Gasteiger partial charge in [0, 0.05) is 0 Å². The number of likely N-dealkylation sites (N-methyl/N-ethyl adjacent to an activating group) is 1. The number of hydrogen-bond donors (Lipinski definition) is 2. The predicted octanol–water partition coefficient (Wildman–Crippen LogP) is 1.14. The van der Waals surface area contributed by atoms with E-state index in [9.17, 15) is 9.59 Å². The van der Waals surface area contributed by atoms with Gasteiger partial charge in [-0.3, -0.25) is 15.0 Å². The molecule has 0 spiro atoms. The van der Waals surface area contributed by atoms with Crippen LogP contribution in [-0.2, 0) is 11.2 Å². The van der Waals surface area contributed by atoms with Crippen LogP contribution in [0.4, 0.5) is 4.79 Å². The molecule has 6 heteroatoms. The minimum atomic E-state index is -0.821. The van der Waals surface area contributed by atoms with E-state index in [0.29, 0.717) is 0 Å². The lowest BCUT2D eigenvalue weighted by atomic mass is 10.1. The molecule has 3 amide bonds. The second-order valence-corrected chi connectivity index (χ2v) is 4.96. The van der Waals surface area contributed by atoms with Gasteiger partial charge < -0.3 is 10.5 Å². The first-order valence-electron chi connectivity index (χ1n) is 6.87. The maximum Gasteiger partial charge on any atom is 0.318 e. The zero-order valence-corrected chi connectivity index (χ0v) is 12.8. The van der Waals surface area contributed by atoms with Crippen molar-refractivity contribution in [3.05, 3.63) is 29.8 Å². The predicted molar refractivity (Wildman–Crippen MR) is 81.1 cm³/mol. The highest BCUT2D eigenvalue weighted by atomic mass is 16.5. The minimum absolute atomic E-state index is 0.380. The summed E-state index contributed by atoms with van der Waals surface area (Å²) >= 11 is 0. The van der Waals surface area contributed by atoms with Crippen LogP contribution in [0.2, 0.25) is 0 Å². The van der Waals surface area contributed by atoms with E-state index in [4.69, 9.17) is 10.5 Å². The van der Waals surface area contributed by atoms with Gasteiger partial charge in [0.1, 0.15) is 5.75 Å². The molecule has 0 aromatic heterocycles. The third-order valence-corrected chi connectivity index (χ3v) is 3.42. The third kappa shape index (κ3) is 5.83. The highest BCUT2D eigenvalue weighted by Crippen LogP contribution is 2.12. The molecular weight excluding hydrogens is 270 g/mol. The van der Waals surface area contributed by atoms with Gasteiger partial charge in [0.15, 0.2) is 0 Å². The lowest BCUT2D eigenvalue weighted by molar-refractivity contribution is -0.124. The fraction of sp³-hybridized carbons (Fsp3) is 0.467. The Morgan fingerprint density at radius 1 is 1.33 bits per heavy atom. The van der Waals surface area contributed by atoms with Crippen LogP contribution in [0, 0.1) is 0 Å². The van der Waals surface area contributed by atoms with Crippen LogP contribution in [0.3, 0.4) is 0 Å². The van der Waals surface area contributed by atoms with Crippen molar-refractivity contribution in [3.8, 4) is 5.75 Å². The van der Waals surface area contributed by atoms with Gasteiger partial charge in [-0.25, -0.2) is 4.79 Å². The first kappa shape index (κ1) is 17.0. The van der Waals surface area contributed by atoms with E-state index in [-0.39, 0.29) is 5.91 Å². The topological polar surface area (TPSA) is 84.7 Å². The average molecular weight is 293 g/mol. The summed E-state index contributed by atoms with van der Waals surface area (Å²) in [4.78, 5) is 24.2. The number of nitrogens with zero attached hydrogens (tertiary/aromatic N) is 1. The normalized spacial score (nSPS) is 12.0. The van der Waals surface area contributed by atoms with Gasteiger partial charge in [-0.1, -0.05) is 12.1 Å². The SMILES string of the molecule is COc1ccc(CCCN(C)C(C)C(=O)NC(N)=O)cc1. The molecule has 0 saturated carbocycles. The van der Waals surface area contributed by atoms with Crippen molar-refractivity contribution in [2.24, 2.45) is 5.73 Å². The quantitative estimate of drug-likeness (QED) is 0.789. The number of primary amides is 1. The second-order valence-electron chi connectivity index (χ2n) is 4.96. The Morgan fingerprint density at radius 3 is 2.48 bits per heavy atom. The summed E-state index contributed by atoms with van der Waals surface area (Å²) in [7, 11) is 3.49. The molecule has 1 rings (SSSR count). The number of amides is 3. The molecule has 0 heterocycles. The monoisotopic (exact) mass is 293 g/mol. The lowest BCUT2D eigenvalue weighted by Gasteiger charge is -2.23. The van der Waals surface area contributed by atoms with E-state index in [0.717, 1.165) is 25.1 Å². The number of nitrogens with two attached hydrogens (primary N) is 1. The van der Waals surface area contributed by atoms with Crippen LogP contribution >= 0.6 is 0 Å². The van der Waals surface area contributed by atoms with E-state index in [2.05, 4.69) is 5.32 Å². The number of carbonyl (C=O) groups is 2. The molecule has 0 aliphatic heterocycles. The summed E-state index contributed by atoms with van der Waals surface area (Å²) < 4.78 is 5.11. The van der Waals surface area contributed by atoms with Crippen LogP contribution in [-0.4, -0.2) is 43.6 Å². The molecule has 0 fully saturated rings. The molecule has 0 radical (unpaired) electrons. The van der Waals surface area contributed by atoms with Crippen molar-refractivity contribution in [3.63, 3.8) is 0 Å². The van der Waals surface area contributed by atoms with Crippen molar-refractivity contribution in [1.82, 2.24) is 10.2 Å². The molecular formula is C15H23N3O3. The van der Waals surface area contributed by atoms with Gasteiger partial charge in [-0.05, 0) is 51.1 Å². The minimum Gasteiger partial charge on any atom is -0.497 e. The summed E-state index contributed by atoms with van der Waals surface area (Å²) in [5.41, 5.74) is 6.15. The number of imide groups is 1. The Bertz CT molecular complexity index is 474. The van der Waals surface area contributed by atoms with E-state index in [1.807, 2.05) is 36.2 Å². The molecule has 1 aromatic rings. The smallest absolute Gasteiger partial charge is 0.318 e. The van der Waals surface area contributed by atoms with Crippen LogP contribution in [0.5, 0.6) is 5.75 Å². The molecule has 0 bridgehead atoms. The Morgan fingerprint density at radius 2 is 1.95 bits per heavy atom. The molecule has 1 aromatic carbocycles. The summed E-state index contributed by atoms with van der Waals surface area (Å²) in [6, 6.07) is 6.71. The summed E-state index contributed by atoms with van der Waals surface area (Å²) in [6.07, 6.45) is 1.83. The van der Waals surface area contributed by atoms with E-state index in [1.165, 1.54) is 5.56 Å². The maximum absolute atomic E-state index is 11.6. The van der Waals surface area contributed by atoms with Crippen LogP contribution in [0.25, 0.3) is 0 Å². The van der Waals surface area contributed by atoms with Crippen molar-refractivity contribution in [2.75, 3.05) is 20.7 Å².